The third-order valence-corrected chi connectivity index (χ3v) is 20.7. The molecule has 3 aromatic carbocycles. The molecule has 2 aliphatic rings. The summed E-state index contributed by atoms with van der Waals surface area (Å²) < 4.78 is 29.8. The monoisotopic (exact) mass is 550 g/mol. The Morgan fingerprint density at radius 2 is 0.919 bits per heavy atom. The summed E-state index contributed by atoms with van der Waals surface area (Å²) in [6.45, 7) is -2.62. The maximum absolute atomic E-state index is 14.4. The summed E-state index contributed by atoms with van der Waals surface area (Å²) in [4.78, 5) is 0. The van der Waals surface area contributed by atoms with Crippen LogP contribution < -0.4 is 15.9 Å². The van der Waals surface area contributed by atoms with Gasteiger partial charge in [0.15, 0.2) is 9.84 Å². The van der Waals surface area contributed by atoms with Gasteiger partial charge < -0.3 is 0 Å². The summed E-state index contributed by atoms with van der Waals surface area (Å²) in [6.07, 6.45) is 13.8. The van der Waals surface area contributed by atoms with Crippen LogP contribution in [-0.4, -0.2) is 30.4 Å². The van der Waals surface area contributed by atoms with E-state index in [0.717, 1.165) is 4.37 Å². The van der Waals surface area contributed by atoms with Gasteiger partial charge in [0, 0.05) is 6.26 Å². The number of rotatable bonds is 7. The minimum absolute atomic E-state index is 0.507. The van der Waals surface area contributed by atoms with E-state index in [4.69, 9.17) is 0 Å². The van der Waals surface area contributed by atoms with Gasteiger partial charge >= 0.3 is 0 Å². The lowest BCUT2D eigenvalue weighted by Crippen LogP contribution is -2.36. The van der Waals surface area contributed by atoms with Crippen molar-refractivity contribution in [3.63, 3.8) is 0 Å². The normalized spacial score (nSPS) is 18.1. The van der Waals surface area contributed by atoms with Gasteiger partial charge in [0.2, 0.25) is 0 Å². The molecular weight excluding hydrogens is 510 g/mol. The van der Waals surface area contributed by atoms with Crippen molar-refractivity contribution < 1.29 is 8.42 Å². The van der Waals surface area contributed by atoms with Crippen LogP contribution in [0, 0.1) is 0 Å². The summed E-state index contributed by atoms with van der Waals surface area (Å²) in [6, 6.07) is 32.0. The molecule has 2 aliphatic carbocycles. The second-order valence-corrected chi connectivity index (χ2v) is 19.7. The van der Waals surface area contributed by atoms with Crippen LogP contribution in [0.4, 0.5) is 0 Å². The van der Waals surface area contributed by atoms with Crippen molar-refractivity contribution in [1.82, 2.24) is 0 Å². The molecule has 2 nitrogen and oxygen atoms in total. The molecule has 0 aliphatic heterocycles. The van der Waals surface area contributed by atoms with E-state index in [9.17, 15) is 8.42 Å². The molecule has 0 N–H and O–H groups in total. The number of benzene rings is 3. The zero-order valence-corrected chi connectivity index (χ0v) is 24.6. The van der Waals surface area contributed by atoms with E-state index in [1.807, 2.05) is 0 Å². The van der Waals surface area contributed by atoms with Crippen molar-refractivity contribution in [2.45, 2.75) is 75.5 Å². The predicted octanol–water partition coefficient (Wildman–Crippen LogP) is 7.26. The fourth-order valence-corrected chi connectivity index (χ4v) is 21.9. The first-order valence-electron chi connectivity index (χ1n) is 13.9. The molecule has 0 amide bonds. The lowest BCUT2D eigenvalue weighted by molar-refractivity contribution is 0.487. The van der Waals surface area contributed by atoms with Gasteiger partial charge in [0.25, 0.3) is 0 Å². The van der Waals surface area contributed by atoms with Gasteiger partial charge in [-0.25, -0.2) is 8.42 Å². The minimum Gasteiger partial charge on any atom is -0.224 e. The molecule has 0 aromatic heterocycles. The molecule has 5 heteroatoms. The second-order valence-electron chi connectivity index (χ2n) is 10.7. The maximum Gasteiger partial charge on any atom is 0.176 e. The molecule has 0 bridgehead atoms. The van der Waals surface area contributed by atoms with Gasteiger partial charge in [-0.2, -0.15) is 0 Å². The molecule has 0 heterocycles. The summed E-state index contributed by atoms with van der Waals surface area (Å²) in [7, 11) is -4.30. The van der Waals surface area contributed by atoms with E-state index in [-0.39, 0.29) is 0 Å². The Hall–Kier alpha value is -1.66. The van der Waals surface area contributed by atoms with Crippen LogP contribution in [0.5, 0.6) is 0 Å². The quantitative estimate of drug-likeness (QED) is 0.290. The highest BCUT2D eigenvalue weighted by molar-refractivity contribution is 8.32. The van der Waals surface area contributed by atoms with Crippen molar-refractivity contribution in [3.8, 4) is 0 Å². The van der Waals surface area contributed by atoms with E-state index in [1.165, 1.54) is 86.4 Å². The fraction of sp³-hybridized carbons (Fsp3) is 0.406. The summed E-state index contributed by atoms with van der Waals surface area (Å²) in [5.74, 6) is 0. The molecule has 196 valence electrons. The minimum atomic E-state index is -3.47. The highest BCUT2D eigenvalue weighted by atomic mass is 32.2. The summed E-state index contributed by atoms with van der Waals surface area (Å²) in [5, 5.41) is 3.52. The van der Waals surface area contributed by atoms with Gasteiger partial charge in [-0.1, -0.05) is 137 Å². The molecule has 0 radical (unpaired) electrons. The smallest absolute Gasteiger partial charge is 0.176 e. The Balaban J connectivity index is 1.97. The lowest BCUT2D eigenvalue weighted by Gasteiger charge is -2.43. The zero-order valence-electron chi connectivity index (χ0n) is 22.0. The van der Waals surface area contributed by atoms with Crippen LogP contribution in [0.25, 0.3) is 0 Å². The van der Waals surface area contributed by atoms with E-state index < -0.39 is 24.6 Å². The SMILES string of the molecule is CS(=O)(=O)C(P(C1CCCCC1)C1CCCCC1)=P(c1ccccc1)(c1ccccc1)c1ccccc1. The molecule has 0 saturated heterocycles. The standard InChI is InChI=1S/C32H40O2P2S/c1-37(33,34)32(35(27-17-7-2-8-18-27)28-19-9-3-10-20-28)36(29-21-11-4-12-22-29,30-23-13-5-14-24-30)31-25-15-6-16-26-31/h4-6,11-16,21-28H,2-3,7-10,17-20H2,1H3. The first-order valence-corrected chi connectivity index (χ1v) is 19.1. The van der Waals surface area contributed by atoms with Crippen molar-refractivity contribution in [1.29, 1.82) is 0 Å². The average Bonchev–Trinajstić information content (AvgIpc) is 2.95. The van der Waals surface area contributed by atoms with E-state index in [0.29, 0.717) is 11.3 Å². The topological polar surface area (TPSA) is 34.1 Å². The van der Waals surface area contributed by atoms with E-state index >= 15 is 0 Å². The Morgan fingerprint density at radius 1 is 0.595 bits per heavy atom. The van der Waals surface area contributed by atoms with Gasteiger partial charge in [0.05, 0.1) is 4.37 Å². The van der Waals surface area contributed by atoms with Gasteiger partial charge in [-0.3, -0.25) is 0 Å². The average molecular weight is 551 g/mol. The number of hydrogen-bond acceptors (Lipinski definition) is 2. The van der Waals surface area contributed by atoms with Crippen molar-refractivity contribution in [2.24, 2.45) is 0 Å². The second kappa shape index (κ2) is 12.0. The van der Waals surface area contributed by atoms with Crippen LogP contribution in [0.3, 0.4) is 0 Å². The molecule has 2 fully saturated rings. The largest absolute Gasteiger partial charge is 0.224 e. The Kier molecular flexibility index (Phi) is 8.75. The molecular formula is C32H40O2P2S. The highest BCUT2D eigenvalue weighted by Gasteiger charge is 2.44. The Bertz CT molecular complexity index is 1190. The van der Waals surface area contributed by atoms with Crippen LogP contribution in [-0.2, 0) is 9.84 Å². The van der Waals surface area contributed by atoms with Crippen LogP contribution in [0.15, 0.2) is 91.0 Å². The van der Waals surface area contributed by atoms with Crippen LogP contribution >= 0.6 is 14.8 Å². The Morgan fingerprint density at radius 3 is 1.22 bits per heavy atom. The molecule has 5 rings (SSSR count). The molecule has 2 saturated carbocycles. The van der Waals surface area contributed by atoms with Crippen molar-refractivity contribution >= 4 is 44.9 Å². The third-order valence-electron chi connectivity index (χ3n) is 8.21. The zero-order chi connectivity index (χ0) is 25.7. The molecule has 3 aromatic rings. The first-order chi connectivity index (χ1) is 18.0. The first kappa shape index (κ1) is 26.9. The fourth-order valence-electron chi connectivity index (χ4n) is 6.68. The van der Waals surface area contributed by atoms with E-state index in [1.54, 1.807) is 0 Å². The highest BCUT2D eigenvalue weighted by Crippen LogP contribution is 2.65. The van der Waals surface area contributed by atoms with Crippen molar-refractivity contribution in [3.05, 3.63) is 91.0 Å². The van der Waals surface area contributed by atoms with Crippen LogP contribution in [0.2, 0.25) is 0 Å². The molecule has 0 unspecified atom stereocenters. The predicted molar refractivity (Wildman–Crippen MR) is 166 cm³/mol. The van der Waals surface area contributed by atoms with Gasteiger partial charge in [0.1, 0.15) is 0 Å². The molecule has 37 heavy (non-hydrogen) atoms. The Labute approximate surface area is 225 Å². The van der Waals surface area contributed by atoms with Gasteiger partial charge in [-0.05, 0) is 59.8 Å². The summed E-state index contributed by atoms with van der Waals surface area (Å²) in [5.41, 5.74) is 1.01. The van der Waals surface area contributed by atoms with E-state index in [2.05, 4.69) is 91.0 Å². The maximum atomic E-state index is 14.4. The van der Waals surface area contributed by atoms with Crippen LogP contribution in [0.1, 0.15) is 64.2 Å². The van der Waals surface area contributed by atoms with Crippen molar-refractivity contribution in [2.75, 3.05) is 6.26 Å². The molecule has 0 spiro atoms. The van der Waals surface area contributed by atoms with Gasteiger partial charge in [-0.15, -0.1) is 0 Å². The third kappa shape index (κ3) is 5.56. The lowest BCUT2D eigenvalue weighted by atomic mass is 9.99. The molecule has 0 atom stereocenters. The summed E-state index contributed by atoms with van der Waals surface area (Å²) >= 11 is 0. The number of sulfone groups is 1. The number of hydrogen-bond donors (Lipinski definition) is 0.